The molecule has 1 aliphatic rings. The fourth-order valence-electron chi connectivity index (χ4n) is 2.68. The zero-order valence-corrected chi connectivity index (χ0v) is 13.1. The van der Waals surface area contributed by atoms with E-state index in [4.69, 9.17) is 5.73 Å². The van der Waals surface area contributed by atoms with E-state index in [2.05, 4.69) is 20.8 Å². The Kier molecular flexibility index (Phi) is 5.19. The van der Waals surface area contributed by atoms with Gasteiger partial charge in [0.05, 0.1) is 5.41 Å². The van der Waals surface area contributed by atoms with Crippen molar-refractivity contribution in [3.8, 4) is 0 Å². The monoisotopic (exact) mass is 284 g/mol. The average molecular weight is 284 g/mol. The Balaban J connectivity index is 2.45. The Bertz CT molecular complexity index is 366. The number of aliphatic carboxylic acids is 1. The molecule has 5 nitrogen and oxygen atoms in total. The maximum Gasteiger partial charge on any atom is 0.309 e. The summed E-state index contributed by atoms with van der Waals surface area (Å²) in [6.07, 6.45) is 2.19. The van der Waals surface area contributed by atoms with Gasteiger partial charge in [0.15, 0.2) is 0 Å². The smallest absolute Gasteiger partial charge is 0.309 e. The highest BCUT2D eigenvalue weighted by atomic mass is 16.4. The normalized spacial score (nSPS) is 20.6. The standard InChI is InChI=1S/C15H28N2O3/c1-14(2,3)10-11(16)9-12(18)17-7-5-15(4,6-8-17)13(19)20/h11H,5-10,16H2,1-4H3,(H,19,20). The van der Waals surface area contributed by atoms with Gasteiger partial charge in [-0.3, -0.25) is 9.59 Å². The Morgan fingerprint density at radius 2 is 1.80 bits per heavy atom. The van der Waals surface area contributed by atoms with Crippen LogP contribution in [-0.2, 0) is 9.59 Å². The molecule has 0 aliphatic carbocycles. The molecule has 1 aliphatic heterocycles. The number of likely N-dealkylation sites (tertiary alicyclic amines) is 1. The van der Waals surface area contributed by atoms with Crippen molar-refractivity contribution in [2.75, 3.05) is 13.1 Å². The van der Waals surface area contributed by atoms with E-state index in [0.29, 0.717) is 32.4 Å². The maximum atomic E-state index is 12.2. The number of hydrogen-bond acceptors (Lipinski definition) is 3. The van der Waals surface area contributed by atoms with Gasteiger partial charge in [-0.15, -0.1) is 0 Å². The van der Waals surface area contributed by atoms with Gasteiger partial charge in [0.25, 0.3) is 0 Å². The highest BCUT2D eigenvalue weighted by molar-refractivity contribution is 5.78. The third-order valence-electron chi connectivity index (χ3n) is 4.05. The van der Waals surface area contributed by atoms with E-state index in [1.54, 1.807) is 11.8 Å². The SMILES string of the molecule is CC(C)(C)CC(N)CC(=O)N1CCC(C)(C(=O)O)CC1. The van der Waals surface area contributed by atoms with Gasteiger partial charge >= 0.3 is 5.97 Å². The molecular formula is C15H28N2O3. The number of carbonyl (C=O) groups is 2. The van der Waals surface area contributed by atoms with E-state index in [1.165, 1.54) is 0 Å². The first-order valence-electron chi connectivity index (χ1n) is 7.30. The molecule has 1 unspecified atom stereocenters. The second-order valence-electron chi connectivity index (χ2n) is 7.48. The summed E-state index contributed by atoms with van der Waals surface area (Å²) < 4.78 is 0. The number of carboxylic acid groups (broad SMARTS) is 1. The van der Waals surface area contributed by atoms with Gasteiger partial charge in [0.1, 0.15) is 0 Å². The molecule has 1 fully saturated rings. The van der Waals surface area contributed by atoms with Crippen LogP contribution in [0.1, 0.15) is 53.4 Å². The molecule has 1 heterocycles. The lowest BCUT2D eigenvalue weighted by Gasteiger charge is -2.37. The number of nitrogens with two attached hydrogens (primary N) is 1. The predicted octanol–water partition coefficient (Wildman–Crippen LogP) is 1.85. The van der Waals surface area contributed by atoms with E-state index >= 15 is 0 Å². The van der Waals surface area contributed by atoms with Gasteiger partial charge in [-0.1, -0.05) is 20.8 Å². The number of rotatable bonds is 4. The number of amides is 1. The molecule has 1 atom stereocenters. The van der Waals surface area contributed by atoms with Gasteiger partial charge in [0.2, 0.25) is 5.91 Å². The first-order chi connectivity index (χ1) is 9.03. The van der Waals surface area contributed by atoms with Crippen LogP contribution in [-0.4, -0.2) is 41.0 Å². The molecule has 1 rings (SSSR count). The van der Waals surface area contributed by atoms with Gasteiger partial charge in [-0.25, -0.2) is 0 Å². The summed E-state index contributed by atoms with van der Waals surface area (Å²) in [5.74, 6) is -0.719. The lowest BCUT2D eigenvalue weighted by Crippen LogP contribution is -2.46. The predicted molar refractivity (Wildman–Crippen MR) is 78.2 cm³/mol. The van der Waals surface area contributed by atoms with Crippen molar-refractivity contribution in [3.05, 3.63) is 0 Å². The van der Waals surface area contributed by atoms with Crippen LogP contribution in [0.5, 0.6) is 0 Å². The summed E-state index contributed by atoms with van der Waals surface area (Å²) in [6.45, 7) is 9.11. The number of piperidine rings is 1. The minimum Gasteiger partial charge on any atom is -0.481 e. The molecule has 0 bridgehead atoms. The summed E-state index contributed by atoms with van der Waals surface area (Å²) in [4.78, 5) is 25.1. The van der Waals surface area contributed by atoms with Crippen molar-refractivity contribution in [1.82, 2.24) is 4.90 Å². The van der Waals surface area contributed by atoms with Crippen molar-refractivity contribution in [2.24, 2.45) is 16.6 Å². The van der Waals surface area contributed by atoms with E-state index in [-0.39, 0.29) is 17.4 Å². The summed E-state index contributed by atoms with van der Waals surface area (Å²) >= 11 is 0. The molecule has 3 N–H and O–H groups in total. The molecule has 1 amide bonds. The Morgan fingerprint density at radius 3 is 2.20 bits per heavy atom. The van der Waals surface area contributed by atoms with E-state index in [9.17, 15) is 14.7 Å². The zero-order valence-electron chi connectivity index (χ0n) is 13.1. The Hall–Kier alpha value is -1.10. The minimum atomic E-state index is -0.769. The molecule has 0 aromatic rings. The third kappa shape index (κ3) is 4.78. The summed E-state index contributed by atoms with van der Waals surface area (Å²) in [7, 11) is 0. The molecule has 116 valence electrons. The Labute approximate surface area is 121 Å². The number of nitrogens with zero attached hydrogens (tertiary/aromatic N) is 1. The van der Waals surface area contributed by atoms with E-state index in [1.807, 2.05) is 0 Å². The van der Waals surface area contributed by atoms with E-state index in [0.717, 1.165) is 6.42 Å². The molecule has 0 aromatic heterocycles. The largest absolute Gasteiger partial charge is 0.481 e. The van der Waals surface area contributed by atoms with Gasteiger partial charge in [-0.05, 0) is 31.6 Å². The fourth-order valence-corrected chi connectivity index (χ4v) is 2.68. The van der Waals surface area contributed by atoms with Crippen LogP contribution in [0.2, 0.25) is 0 Å². The van der Waals surface area contributed by atoms with Crippen molar-refractivity contribution in [1.29, 1.82) is 0 Å². The number of hydrogen-bond donors (Lipinski definition) is 2. The molecule has 0 radical (unpaired) electrons. The van der Waals surface area contributed by atoms with Crippen LogP contribution in [0.4, 0.5) is 0 Å². The Morgan fingerprint density at radius 1 is 1.30 bits per heavy atom. The van der Waals surface area contributed by atoms with Crippen LogP contribution in [0.15, 0.2) is 0 Å². The quantitative estimate of drug-likeness (QED) is 0.825. The summed E-state index contributed by atoms with van der Waals surface area (Å²) in [6, 6.07) is -0.129. The van der Waals surface area contributed by atoms with Crippen LogP contribution in [0, 0.1) is 10.8 Å². The van der Waals surface area contributed by atoms with Crippen molar-refractivity contribution >= 4 is 11.9 Å². The molecular weight excluding hydrogens is 256 g/mol. The minimum absolute atomic E-state index is 0.0502. The topological polar surface area (TPSA) is 83.6 Å². The summed E-state index contributed by atoms with van der Waals surface area (Å²) in [5, 5.41) is 9.17. The van der Waals surface area contributed by atoms with Crippen molar-refractivity contribution in [2.45, 2.75) is 59.4 Å². The second-order valence-corrected chi connectivity index (χ2v) is 7.48. The first kappa shape index (κ1) is 17.0. The zero-order chi connectivity index (χ0) is 15.6. The molecule has 0 saturated carbocycles. The highest BCUT2D eigenvalue weighted by Gasteiger charge is 2.38. The second kappa shape index (κ2) is 6.12. The molecule has 1 saturated heterocycles. The van der Waals surface area contributed by atoms with Crippen LogP contribution in [0.3, 0.4) is 0 Å². The molecule has 0 aromatic carbocycles. The molecule has 0 spiro atoms. The highest BCUT2D eigenvalue weighted by Crippen LogP contribution is 2.31. The van der Waals surface area contributed by atoms with Gasteiger partial charge in [0, 0.05) is 25.6 Å². The van der Waals surface area contributed by atoms with Gasteiger partial charge in [-0.2, -0.15) is 0 Å². The maximum absolute atomic E-state index is 12.2. The van der Waals surface area contributed by atoms with E-state index < -0.39 is 11.4 Å². The van der Waals surface area contributed by atoms with Crippen molar-refractivity contribution in [3.63, 3.8) is 0 Å². The number of carbonyl (C=O) groups excluding carboxylic acids is 1. The lowest BCUT2D eigenvalue weighted by atomic mass is 9.80. The summed E-state index contributed by atoms with van der Waals surface area (Å²) in [5.41, 5.74) is 5.45. The van der Waals surface area contributed by atoms with Crippen LogP contribution >= 0.6 is 0 Å². The average Bonchev–Trinajstić information content (AvgIpc) is 2.26. The molecule has 5 heteroatoms. The van der Waals surface area contributed by atoms with Crippen LogP contribution in [0.25, 0.3) is 0 Å². The van der Waals surface area contributed by atoms with Gasteiger partial charge < -0.3 is 15.7 Å². The number of carboxylic acids is 1. The van der Waals surface area contributed by atoms with Crippen molar-refractivity contribution < 1.29 is 14.7 Å². The lowest BCUT2D eigenvalue weighted by molar-refractivity contribution is -0.153. The third-order valence-corrected chi connectivity index (χ3v) is 4.05. The van der Waals surface area contributed by atoms with Crippen LogP contribution < -0.4 is 5.73 Å². The molecule has 20 heavy (non-hydrogen) atoms. The first-order valence-corrected chi connectivity index (χ1v) is 7.30. The fraction of sp³-hybridized carbons (Fsp3) is 0.867.